The molecule has 0 aromatic heterocycles. The second-order valence-electron chi connectivity index (χ2n) is 4.57. The number of carbonyl (C=O) groups is 2. The van der Waals surface area contributed by atoms with E-state index in [0.717, 1.165) is 0 Å². The molecule has 0 radical (unpaired) electrons. The quantitative estimate of drug-likeness (QED) is 0.790. The van der Waals surface area contributed by atoms with Gasteiger partial charge in [-0.15, -0.1) is 0 Å². The number of ether oxygens (including phenoxy) is 1. The molecule has 0 aliphatic rings. The van der Waals surface area contributed by atoms with Crippen molar-refractivity contribution in [3.8, 4) is 0 Å². The minimum Gasteiger partial charge on any atom is -0.469 e. The number of amides is 1. The smallest absolute Gasteiger partial charge is 0.306 e. The molecule has 0 bridgehead atoms. The number of nitrogens with two attached hydrogens (primary N) is 1. The molecular formula is C13H16ClNO5S. The first-order valence-electron chi connectivity index (χ1n) is 6.04. The predicted molar refractivity (Wildman–Crippen MR) is 78.7 cm³/mol. The predicted octanol–water partition coefficient (Wildman–Crippen LogP) is 1.31. The molecule has 0 fully saturated rings. The molecule has 21 heavy (non-hydrogen) atoms. The lowest BCUT2D eigenvalue weighted by Crippen LogP contribution is -2.23. The van der Waals surface area contributed by atoms with E-state index in [9.17, 15) is 18.0 Å². The van der Waals surface area contributed by atoms with Crippen LogP contribution in [-0.4, -0.2) is 32.7 Å². The van der Waals surface area contributed by atoms with Crippen LogP contribution in [0.2, 0.25) is 5.02 Å². The average molecular weight is 334 g/mol. The molecule has 0 saturated carbocycles. The van der Waals surface area contributed by atoms with Gasteiger partial charge in [-0.3, -0.25) is 9.59 Å². The summed E-state index contributed by atoms with van der Waals surface area (Å²) in [5.74, 6) is -1.57. The Bertz CT molecular complexity index is 657. The molecular weight excluding hydrogens is 318 g/mol. The van der Waals surface area contributed by atoms with Crippen molar-refractivity contribution in [1.29, 1.82) is 0 Å². The SMILES string of the molecule is COC(=O)CC(C)S(=O)(=O)Cc1ccc(C(N)=O)cc1Cl. The fourth-order valence-corrected chi connectivity index (χ4v) is 3.31. The standard InChI is InChI=1S/C13H16ClNO5S/c1-8(5-12(16)20-2)21(18,19)7-10-4-3-9(13(15)17)6-11(10)14/h3-4,6,8H,5,7H2,1-2H3,(H2,15,17). The summed E-state index contributed by atoms with van der Waals surface area (Å²) in [5, 5.41) is -0.753. The van der Waals surface area contributed by atoms with Gasteiger partial charge in [-0.05, 0) is 24.6 Å². The third-order valence-corrected chi connectivity index (χ3v) is 5.45. The Morgan fingerprint density at radius 3 is 2.48 bits per heavy atom. The Balaban J connectivity index is 2.94. The van der Waals surface area contributed by atoms with Gasteiger partial charge in [-0.25, -0.2) is 8.42 Å². The van der Waals surface area contributed by atoms with Crippen molar-refractivity contribution < 1.29 is 22.7 Å². The summed E-state index contributed by atoms with van der Waals surface area (Å²) in [6.45, 7) is 1.43. The van der Waals surface area contributed by atoms with Crippen LogP contribution >= 0.6 is 11.6 Å². The Morgan fingerprint density at radius 2 is 2.00 bits per heavy atom. The van der Waals surface area contributed by atoms with Crippen LogP contribution in [0.25, 0.3) is 0 Å². The van der Waals surface area contributed by atoms with Gasteiger partial charge in [0.25, 0.3) is 0 Å². The minimum absolute atomic E-state index is 0.139. The van der Waals surface area contributed by atoms with E-state index in [1.807, 2.05) is 0 Å². The van der Waals surface area contributed by atoms with Gasteiger partial charge in [0.05, 0.1) is 24.5 Å². The highest BCUT2D eigenvalue weighted by atomic mass is 35.5. The van der Waals surface area contributed by atoms with Crippen molar-refractivity contribution in [1.82, 2.24) is 0 Å². The van der Waals surface area contributed by atoms with Gasteiger partial charge in [0, 0.05) is 10.6 Å². The second kappa shape index (κ2) is 6.91. The van der Waals surface area contributed by atoms with Crippen molar-refractivity contribution in [2.45, 2.75) is 24.3 Å². The van der Waals surface area contributed by atoms with E-state index in [1.54, 1.807) is 0 Å². The van der Waals surface area contributed by atoms with Gasteiger partial charge in [0.2, 0.25) is 5.91 Å². The van der Waals surface area contributed by atoms with E-state index in [1.165, 1.54) is 32.2 Å². The van der Waals surface area contributed by atoms with Gasteiger partial charge >= 0.3 is 5.97 Å². The van der Waals surface area contributed by atoms with Gasteiger partial charge in [0.1, 0.15) is 0 Å². The Kier molecular flexibility index (Phi) is 5.74. The second-order valence-corrected chi connectivity index (χ2v) is 7.39. The highest BCUT2D eigenvalue weighted by Gasteiger charge is 2.25. The van der Waals surface area contributed by atoms with E-state index < -0.39 is 27.0 Å². The van der Waals surface area contributed by atoms with Gasteiger partial charge < -0.3 is 10.5 Å². The topological polar surface area (TPSA) is 104 Å². The number of benzene rings is 1. The van der Waals surface area contributed by atoms with Crippen molar-refractivity contribution >= 4 is 33.3 Å². The van der Waals surface area contributed by atoms with Crippen LogP contribution in [-0.2, 0) is 25.1 Å². The molecule has 1 aromatic carbocycles. The lowest BCUT2D eigenvalue weighted by Gasteiger charge is -2.13. The zero-order valence-corrected chi connectivity index (χ0v) is 13.2. The van der Waals surface area contributed by atoms with E-state index in [2.05, 4.69) is 4.74 Å². The molecule has 0 heterocycles. The molecule has 6 nitrogen and oxygen atoms in total. The molecule has 1 rings (SSSR count). The van der Waals surface area contributed by atoms with E-state index in [-0.39, 0.29) is 22.8 Å². The van der Waals surface area contributed by atoms with Crippen LogP contribution in [0, 0.1) is 0 Å². The number of rotatable bonds is 6. The van der Waals surface area contributed by atoms with Crippen LogP contribution in [0.5, 0.6) is 0 Å². The van der Waals surface area contributed by atoms with Crippen molar-refractivity contribution in [3.63, 3.8) is 0 Å². The lowest BCUT2D eigenvalue weighted by molar-refractivity contribution is -0.140. The van der Waals surface area contributed by atoms with E-state index in [0.29, 0.717) is 5.56 Å². The molecule has 1 aromatic rings. The number of halogens is 1. The first kappa shape index (κ1) is 17.5. The Hall–Kier alpha value is -1.60. The summed E-state index contributed by atoms with van der Waals surface area (Å²) in [5.41, 5.74) is 5.65. The third kappa shape index (κ3) is 4.71. The van der Waals surface area contributed by atoms with Gasteiger partial charge in [0.15, 0.2) is 9.84 Å². The van der Waals surface area contributed by atoms with Gasteiger partial charge in [-0.2, -0.15) is 0 Å². The molecule has 0 aliphatic carbocycles. The molecule has 0 aliphatic heterocycles. The molecule has 116 valence electrons. The van der Waals surface area contributed by atoms with Crippen LogP contribution in [0.3, 0.4) is 0 Å². The van der Waals surface area contributed by atoms with Gasteiger partial charge in [-0.1, -0.05) is 17.7 Å². The third-order valence-electron chi connectivity index (χ3n) is 2.99. The number of methoxy groups -OCH3 is 1. The maximum Gasteiger partial charge on any atom is 0.306 e. The van der Waals surface area contributed by atoms with Crippen molar-refractivity contribution in [2.24, 2.45) is 5.73 Å². The maximum absolute atomic E-state index is 12.2. The molecule has 2 N–H and O–H groups in total. The summed E-state index contributed by atoms with van der Waals surface area (Å²) < 4.78 is 28.8. The van der Waals surface area contributed by atoms with E-state index >= 15 is 0 Å². The highest BCUT2D eigenvalue weighted by Crippen LogP contribution is 2.22. The fourth-order valence-electron chi connectivity index (χ4n) is 1.62. The number of primary amides is 1. The molecule has 8 heteroatoms. The molecule has 1 atom stereocenters. The zero-order chi connectivity index (χ0) is 16.2. The first-order valence-corrected chi connectivity index (χ1v) is 8.13. The maximum atomic E-state index is 12.2. The molecule has 1 unspecified atom stereocenters. The Morgan fingerprint density at radius 1 is 1.38 bits per heavy atom. The van der Waals surface area contributed by atoms with E-state index in [4.69, 9.17) is 17.3 Å². The molecule has 0 spiro atoms. The normalized spacial score (nSPS) is 12.7. The number of sulfone groups is 1. The van der Waals surface area contributed by atoms with Crippen molar-refractivity contribution in [3.05, 3.63) is 34.3 Å². The number of esters is 1. The average Bonchev–Trinajstić information content (AvgIpc) is 2.40. The Labute approximate surface area is 128 Å². The number of carbonyl (C=O) groups excluding carboxylic acids is 2. The van der Waals surface area contributed by atoms with Crippen molar-refractivity contribution in [2.75, 3.05) is 7.11 Å². The summed E-state index contributed by atoms with van der Waals surface area (Å²) in [6.07, 6.45) is -0.226. The fraction of sp³-hybridized carbons (Fsp3) is 0.385. The number of hydrogen-bond acceptors (Lipinski definition) is 5. The van der Waals surface area contributed by atoms with Crippen LogP contribution in [0.15, 0.2) is 18.2 Å². The summed E-state index contributed by atoms with van der Waals surface area (Å²) in [7, 11) is -2.38. The monoisotopic (exact) mass is 333 g/mol. The van der Waals surface area contributed by atoms with Crippen LogP contribution in [0.4, 0.5) is 0 Å². The zero-order valence-electron chi connectivity index (χ0n) is 11.6. The molecule has 1 amide bonds. The molecule has 0 saturated heterocycles. The highest BCUT2D eigenvalue weighted by molar-refractivity contribution is 7.91. The minimum atomic E-state index is -3.58. The summed E-state index contributed by atoms with van der Waals surface area (Å²) in [6, 6.07) is 4.16. The van der Waals surface area contributed by atoms with Crippen LogP contribution in [0.1, 0.15) is 29.3 Å². The lowest BCUT2D eigenvalue weighted by atomic mass is 10.1. The summed E-state index contributed by atoms with van der Waals surface area (Å²) >= 11 is 5.95. The first-order chi connectivity index (χ1) is 9.67. The number of hydrogen-bond donors (Lipinski definition) is 1. The summed E-state index contributed by atoms with van der Waals surface area (Å²) in [4.78, 5) is 22.1. The largest absolute Gasteiger partial charge is 0.469 e. The van der Waals surface area contributed by atoms with Crippen LogP contribution < -0.4 is 5.73 Å².